The molecule has 1 saturated carbocycles. The van der Waals surface area contributed by atoms with Crippen LogP contribution in [0.3, 0.4) is 0 Å². The van der Waals surface area contributed by atoms with Gasteiger partial charge in [0.2, 0.25) is 0 Å². The Morgan fingerprint density at radius 2 is 2.03 bits per heavy atom. The molecule has 4 rings (SSSR count). The zero-order chi connectivity index (χ0) is 21.6. The lowest BCUT2D eigenvalue weighted by atomic mass is 9.95. The summed E-state index contributed by atoms with van der Waals surface area (Å²) in [4.78, 5) is 0. The summed E-state index contributed by atoms with van der Waals surface area (Å²) in [6, 6.07) is 11.9. The summed E-state index contributed by atoms with van der Waals surface area (Å²) in [5.41, 5.74) is 1.46. The normalized spacial score (nSPS) is 15.3. The number of para-hydroxylation sites is 1. The van der Waals surface area contributed by atoms with Gasteiger partial charge in [-0.15, -0.1) is 11.5 Å². The van der Waals surface area contributed by atoms with Crippen molar-refractivity contribution >= 4 is 17.3 Å². The SMILES string of the molecule is C#CCOc1ccccc1C(Nc1ccc(F)c(Cl)c1)c1nnnn1C1CCCCC1. The van der Waals surface area contributed by atoms with Gasteiger partial charge in [-0.3, -0.25) is 0 Å². The van der Waals surface area contributed by atoms with E-state index in [1.54, 1.807) is 12.1 Å². The lowest BCUT2D eigenvalue weighted by Crippen LogP contribution is -2.23. The molecule has 0 spiro atoms. The molecule has 2 aromatic carbocycles. The Morgan fingerprint density at radius 1 is 1.23 bits per heavy atom. The molecule has 6 nitrogen and oxygen atoms in total. The number of rotatable bonds is 7. The zero-order valence-corrected chi connectivity index (χ0v) is 17.7. The van der Waals surface area contributed by atoms with E-state index in [2.05, 4.69) is 26.8 Å². The molecule has 1 aliphatic carbocycles. The molecule has 0 aliphatic heterocycles. The second-order valence-corrected chi connectivity index (χ2v) is 7.92. The predicted molar refractivity (Wildman–Crippen MR) is 118 cm³/mol. The maximum Gasteiger partial charge on any atom is 0.178 e. The van der Waals surface area contributed by atoms with Crippen LogP contribution in [-0.2, 0) is 0 Å². The van der Waals surface area contributed by atoms with Gasteiger partial charge >= 0.3 is 0 Å². The second-order valence-electron chi connectivity index (χ2n) is 7.51. The monoisotopic (exact) mass is 439 g/mol. The van der Waals surface area contributed by atoms with E-state index in [-0.39, 0.29) is 17.7 Å². The minimum absolute atomic E-state index is 0.0347. The molecule has 1 heterocycles. The third kappa shape index (κ3) is 4.80. The fourth-order valence-electron chi connectivity index (χ4n) is 3.98. The van der Waals surface area contributed by atoms with Crippen molar-refractivity contribution in [3.05, 3.63) is 64.7 Å². The summed E-state index contributed by atoms with van der Waals surface area (Å²) in [6.45, 7) is 0.139. The fourth-order valence-corrected chi connectivity index (χ4v) is 4.16. The number of nitrogens with zero attached hydrogens (tertiary/aromatic N) is 4. The van der Waals surface area contributed by atoms with Crippen molar-refractivity contribution in [3.63, 3.8) is 0 Å². The van der Waals surface area contributed by atoms with Crippen molar-refractivity contribution in [3.8, 4) is 18.1 Å². The smallest absolute Gasteiger partial charge is 0.178 e. The molecule has 160 valence electrons. The lowest BCUT2D eigenvalue weighted by molar-refractivity contribution is 0.314. The van der Waals surface area contributed by atoms with Crippen LogP contribution in [0.25, 0.3) is 0 Å². The van der Waals surface area contributed by atoms with Crippen LogP contribution in [0.1, 0.15) is 55.6 Å². The molecule has 1 aromatic heterocycles. The van der Waals surface area contributed by atoms with E-state index < -0.39 is 11.9 Å². The summed E-state index contributed by atoms with van der Waals surface area (Å²) < 4.78 is 21.4. The van der Waals surface area contributed by atoms with E-state index >= 15 is 0 Å². The van der Waals surface area contributed by atoms with Gasteiger partial charge in [-0.2, -0.15) is 0 Å². The highest BCUT2D eigenvalue weighted by Crippen LogP contribution is 2.36. The van der Waals surface area contributed by atoms with Crippen molar-refractivity contribution in [2.24, 2.45) is 0 Å². The van der Waals surface area contributed by atoms with Gasteiger partial charge in [0.25, 0.3) is 0 Å². The van der Waals surface area contributed by atoms with Crippen LogP contribution in [0.4, 0.5) is 10.1 Å². The molecular formula is C23H23ClFN5O. The maximum absolute atomic E-state index is 13.7. The summed E-state index contributed by atoms with van der Waals surface area (Å²) in [6.07, 6.45) is 11.0. The number of benzene rings is 2. The van der Waals surface area contributed by atoms with E-state index in [1.165, 1.54) is 12.5 Å². The van der Waals surface area contributed by atoms with E-state index in [0.717, 1.165) is 31.2 Å². The first-order valence-corrected chi connectivity index (χ1v) is 10.7. The molecule has 0 radical (unpaired) electrons. The largest absolute Gasteiger partial charge is 0.481 e. The van der Waals surface area contributed by atoms with Crippen molar-refractivity contribution in [1.29, 1.82) is 0 Å². The minimum atomic E-state index is -0.478. The van der Waals surface area contributed by atoms with Gasteiger partial charge in [0.05, 0.1) is 11.1 Å². The van der Waals surface area contributed by atoms with E-state index in [9.17, 15) is 4.39 Å². The topological polar surface area (TPSA) is 64.9 Å². The van der Waals surface area contributed by atoms with E-state index in [0.29, 0.717) is 17.3 Å². The molecule has 1 atom stereocenters. The Bertz CT molecular complexity index is 1070. The van der Waals surface area contributed by atoms with Crippen LogP contribution < -0.4 is 10.1 Å². The van der Waals surface area contributed by atoms with Crippen LogP contribution in [-0.4, -0.2) is 26.8 Å². The van der Waals surface area contributed by atoms with Crippen LogP contribution in [0.5, 0.6) is 5.75 Å². The van der Waals surface area contributed by atoms with Crippen molar-refractivity contribution in [1.82, 2.24) is 20.2 Å². The Labute approximate surface area is 185 Å². The molecule has 8 heteroatoms. The molecular weight excluding hydrogens is 417 g/mol. The third-order valence-electron chi connectivity index (χ3n) is 5.47. The summed E-state index contributed by atoms with van der Waals surface area (Å²) >= 11 is 6.01. The Kier molecular flexibility index (Phi) is 6.68. The van der Waals surface area contributed by atoms with Gasteiger partial charge < -0.3 is 10.1 Å². The van der Waals surface area contributed by atoms with Gasteiger partial charge in [-0.25, -0.2) is 9.07 Å². The first-order chi connectivity index (χ1) is 15.2. The minimum Gasteiger partial charge on any atom is -0.481 e. The zero-order valence-electron chi connectivity index (χ0n) is 17.0. The molecule has 0 saturated heterocycles. The number of hydrogen-bond donors (Lipinski definition) is 1. The standard InChI is InChI=1S/C23H23ClFN5O/c1-2-14-31-21-11-7-6-10-18(21)22(26-16-12-13-20(25)19(24)15-16)23-27-28-29-30(23)17-8-4-3-5-9-17/h1,6-7,10-13,15,17,22,26H,3-5,8-9,14H2. The number of hydrogen-bond acceptors (Lipinski definition) is 5. The summed E-state index contributed by atoms with van der Waals surface area (Å²) in [5, 5.41) is 16.1. The quantitative estimate of drug-likeness (QED) is 0.513. The van der Waals surface area contributed by atoms with Crippen LogP contribution in [0, 0.1) is 18.2 Å². The molecule has 1 aliphatic rings. The number of terminal acetylenes is 1. The fraction of sp³-hybridized carbons (Fsp3) is 0.348. The highest BCUT2D eigenvalue weighted by molar-refractivity contribution is 6.31. The Morgan fingerprint density at radius 3 is 2.81 bits per heavy atom. The highest BCUT2D eigenvalue weighted by atomic mass is 35.5. The number of ether oxygens (including phenoxy) is 1. The first kappa shape index (κ1) is 21.1. The van der Waals surface area contributed by atoms with Crippen molar-refractivity contribution < 1.29 is 9.13 Å². The Hall–Kier alpha value is -3.11. The molecule has 1 N–H and O–H groups in total. The number of anilines is 1. The number of tetrazole rings is 1. The average molecular weight is 440 g/mol. The first-order valence-electron chi connectivity index (χ1n) is 10.3. The summed E-state index contributed by atoms with van der Waals surface area (Å²) in [5.74, 6) is 3.30. The average Bonchev–Trinajstić information content (AvgIpc) is 3.29. The Balaban J connectivity index is 1.76. The number of aromatic nitrogens is 4. The van der Waals surface area contributed by atoms with Gasteiger partial charge in [-0.1, -0.05) is 55.0 Å². The molecule has 1 unspecified atom stereocenters. The molecule has 31 heavy (non-hydrogen) atoms. The highest BCUT2D eigenvalue weighted by Gasteiger charge is 2.28. The van der Waals surface area contributed by atoms with Gasteiger partial charge in [-0.05, 0) is 47.5 Å². The molecule has 0 bridgehead atoms. The number of halogens is 2. The van der Waals surface area contributed by atoms with Crippen LogP contribution in [0.2, 0.25) is 5.02 Å². The van der Waals surface area contributed by atoms with Gasteiger partial charge in [0.1, 0.15) is 24.2 Å². The van der Waals surface area contributed by atoms with Crippen LogP contribution in [0.15, 0.2) is 42.5 Å². The second kappa shape index (κ2) is 9.80. The van der Waals surface area contributed by atoms with Crippen molar-refractivity contribution in [2.75, 3.05) is 11.9 Å². The summed E-state index contributed by atoms with van der Waals surface area (Å²) in [7, 11) is 0. The van der Waals surface area contributed by atoms with Crippen LogP contribution >= 0.6 is 11.6 Å². The lowest BCUT2D eigenvalue weighted by Gasteiger charge is -2.26. The third-order valence-corrected chi connectivity index (χ3v) is 5.76. The number of nitrogens with one attached hydrogen (secondary N) is 1. The van der Waals surface area contributed by atoms with Crippen molar-refractivity contribution in [2.45, 2.75) is 44.2 Å². The maximum atomic E-state index is 13.7. The van der Waals surface area contributed by atoms with Gasteiger partial charge in [0, 0.05) is 11.3 Å². The van der Waals surface area contributed by atoms with E-state index in [1.807, 2.05) is 28.9 Å². The predicted octanol–water partition coefficient (Wildman–Crippen LogP) is 5.18. The molecule has 3 aromatic rings. The van der Waals surface area contributed by atoms with Gasteiger partial charge in [0.15, 0.2) is 5.82 Å². The molecule has 1 fully saturated rings. The molecule has 0 amide bonds. The van der Waals surface area contributed by atoms with E-state index in [4.69, 9.17) is 22.8 Å².